The van der Waals surface area contributed by atoms with E-state index < -0.39 is 0 Å². The van der Waals surface area contributed by atoms with Crippen LogP contribution in [0.25, 0.3) is 0 Å². The van der Waals surface area contributed by atoms with Gasteiger partial charge in [-0.3, -0.25) is 4.79 Å². The number of amides is 1. The monoisotopic (exact) mass is 363 g/mol. The number of hydrogen-bond donors (Lipinski definition) is 2. The summed E-state index contributed by atoms with van der Waals surface area (Å²) in [5, 5.41) is 11.9. The topological polar surface area (TPSA) is 49.3 Å². The fourth-order valence-corrected chi connectivity index (χ4v) is 2.15. The molecule has 3 nitrogen and oxygen atoms in total. The molecule has 1 aromatic carbocycles. The summed E-state index contributed by atoms with van der Waals surface area (Å²) < 4.78 is 1.64. The van der Waals surface area contributed by atoms with E-state index in [9.17, 15) is 4.79 Å². The summed E-state index contributed by atoms with van der Waals surface area (Å²) in [4.78, 5) is 11.8. The number of aliphatic hydroxyl groups excluding tert-OH is 1. The number of carbonyl (C=O) groups excluding carboxylic acids is 1. The third kappa shape index (κ3) is 5.19. The van der Waals surface area contributed by atoms with Crippen LogP contribution in [0.5, 0.6) is 0 Å². The maximum atomic E-state index is 11.8. The number of halogens is 2. The molecule has 0 heterocycles. The van der Waals surface area contributed by atoms with Crippen LogP contribution in [0.2, 0.25) is 0 Å². The zero-order valence-electron chi connectivity index (χ0n) is 9.54. The number of nitrogens with one attached hydrogen (secondary N) is 1. The molecule has 0 saturated heterocycles. The van der Waals surface area contributed by atoms with Crippen LogP contribution in [0.1, 0.15) is 30.1 Å². The predicted molar refractivity (Wildman–Crippen MR) is 75.1 cm³/mol. The molecule has 1 amide bonds. The van der Waals surface area contributed by atoms with Crippen LogP contribution in [-0.4, -0.2) is 23.7 Å². The molecule has 0 spiro atoms. The Morgan fingerprint density at radius 2 is 2.18 bits per heavy atom. The van der Waals surface area contributed by atoms with Gasteiger partial charge in [-0.25, -0.2) is 0 Å². The van der Waals surface area contributed by atoms with Crippen LogP contribution in [-0.2, 0) is 0 Å². The SMILES string of the molecule is CC(O)CCCNC(=O)c1cc(Br)ccc1Br. The number of hydrogen-bond acceptors (Lipinski definition) is 2. The van der Waals surface area contributed by atoms with Gasteiger partial charge in [-0.2, -0.15) is 0 Å². The molecule has 0 aromatic heterocycles. The van der Waals surface area contributed by atoms with Crippen molar-refractivity contribution in [1.29, 1.82) is 0 Å². The van der Waals surface area contributed by atoms with Gasteiger partial charge in [0.2, 0.25) is 0 Å². The lowest BCUT2D eigenvalue weighted by Gasteiger charge is -2.08. The second-order valence-corrected chi connectivity index (χ2v) is 5.64. The molecule has 5 heteroatoms. The van der Waals surface area contributed by atoms with E-state index in [1.165, 1.54) is 0 Å². The van der Waals surface area contributed by atoms with Gasteiger partial charge in [0, 0.05) is 15.5 Å². The molecule has 1 aromatic rings. The summed E-state index contributed by atoms with van der Waals surface area (Å²) >= 11 is 6.67. The average molecular weight is 365 g/mol. The van der Waals surface area contributed by atoms with E-state index in [0.717, 1.165) is 15.4 Å². The molecule has 0 fully saturated rings. The lowest BCUT2D eigenvalue weighted by Crippen LogP contribution is -2.25. The van der Waals surface area contributed by atoms with Crippen LogP contribution in [0, 0.1) is 0 Å². The highest BCUT2D eigenvalue weighted by atomic mass is 79.9. The molecule has 2 N–H and O–H groups in total. The van der Waals surface area contributed by atoms with Crippen LogP contribution in [0.4, 0.5) is 0 Å². The van der Waals surface area contributed by atoms with Gasteiger partial charge < -0.3 is 10.4 Å². The van der Waals surface area contributed by atoms with E-state index in [1.807, 2.05) is 12.1 Å². The molecule has 0 radical (unpaired) electrons. The van der Waals surface area contributed by atoms with Crippen molar-refractivity contribution in [2.24, 2.45) is 0 Å². The first-order valence-electron chi connectivity index (χ1n) is 5.42. The largest absolute Gasteiger partial charge is 0.393 e. The fraction of sp³-hybridized carbons (Fsp3) is 0.417. The minimum Gasteiger partial charge on any atom is -0.393 e. The Morgan fingerprint density at radius 1 is 1.47 bits per heavy atom. The maximum absolute atomic E-state index is 11.8. The summed E-state index contributed by atoms with van der Waals surface area (Å²) in [6.45, 7) is 2.31. The van der Waals surface area contributed by atoms with Crippen molar-refractivity contribution >= 4 is 37.8 Å². The summed E-state index contributed by atoms with van der Waals surface area (Å²) in [7, 11) is 0. The quantitative estimate of drug-likeness (QED) is 0.788. The molecule has 17 heavy (non-hydrogen) atoms. The highest BCUT2D eigenvalue weighted by Gasteiger charge is 2.09. The molecule has 0 saturated carbocycles. The molecular weight excluding hydrogens is 350 g/mol. The van der Waals surface area contributed by atoms with Crippen LogP contribution < -0.4 is 5.32 Å². The normalized spacial score (nSPS) is 12.2. The Labute approximate surface area is 118 Å². The second-order valence-electron chi connectivity index (χ2n) is 3.87. The van der Waals surface area contributed by atoms with Gasteiger partial charge >= 0.3 is 0 Å². The third-order valence-electron chi connectivity index (χ3n) is 2.26. The van der Waals surface area contributed by atoms with Crippen molar-refractivity contribution in [3.05, 3.63) is 32.7 Å². The Balaban J connectivity index is 2.49. The van der Waals surface area contributed by atoms with Crippen LogP contribution >= 0.6 is 31.9 Å². The van der Waals surface area contributed by atoms with Gasteiger partial charge in [0.05, 0.1) is 11.7 Å². The first-order chi connectivity index (χ1) is 8.00. The molecule has 1 rings (SSSR count). The molecule has 94 valence electrons. The lowest BCUT2D eigenvalue weighted by molar-refractivity contribution is 0.0949. The zero-order chi connectivity index (χ0) is 12.8. The van der Waals surface area contributed by atoms with E-state index >= 15 is 0 Å². The molecule has 0 bridgehead atoms. The number of carbonyl (C=O) groups is 1. The minimum atomic E-state index is -0.315. The smallest absolute Gasteiger partial charge is 0.252 e. The van der Waals surface area contributed by atoms with Crippen molar-refractivity contribution in [1.82, 2.24) is 5.32 Å². The molecule has 1 atom stereocenters. The molecular formula is C12H15Br2NO2. The van der Waals surface area contributed by atoms with E-state index in [1.54, 1.807) is 13.0 Å². The Bertz CT molecular complexity index is 394. The number of rotatable bonds is 5. The van der Waals surface area contributed by atoms with Crippen molar-refractivity contribution in [2.45, 2.75) is 25.9 Å². The first-order valence-corrected chi connectivity index (χ1v) is 7.00. The molecule has 0 aliphatic heterocycles. The summed E-state index contributed by atoms with van der Waals surface area (Å²) in [6, 6.07) is 5.47. The number of aliphatic hydroxyl groups is 1. The van der Waals surface area contributed by atoms with Gasteiger partial charge in [0.1, 0.15) is 0 Å². The number of benzene rings is 1. The van der Waals surface area contributed by atoms with Crippen molar-refractivity contribution in [3.63, 3.8) is 0 Å². The van der Waals surface area contributed by atoms with E-state index in [0.29, 0.717) is 18.5 Å². The summed E-state index contributed by atoms with van der Waals surface area (Å²) in [5.74, 6) is -0.108. The van der Waals surface area contributed by atoms with Gasteiger partial charge in [0.15, 0.2) is 0 Å². The van der Waals surface area contributed by atoms with Gasteiger partial charge in [-0.1, -0.05) is 15.9 Å². The van der Waals surface area contributed by atoms with Crippen molar-refractivity contribution < 1.29 is 9.90 Å². The van der Waals surface area contributed by atoms with Gasteiger partial charge in [-0.05, 0) is 53.9 Å². The van der Waals surface area contributed by atoms with Crippen molar-refractivity contribution in [2.75, 3.05) is 6.54 Å². The zero-order valence-corrected chi connectivity index (χ0v) is 12.7. The van der Waals surface area contributed by atoms with E-state index in [2.05, 4.69) is 37.2 Å². The Morgan fingerprint density at radius 3 is 2.82 bits per heavy atom. The first kappa shape index (κ1) is 14.7. The van der Waals surface area contributed by atoms with Gasteiger partial charge in [-0.15, -0.1) is 0 Å². The van der Waals surface area contributed by atoms with E-state index in [4.69, 9.17) is 5.11 Å². The minimum absolute atomic E-state index is 0.108. The highest BCUT2D eigenvalue weighted by Crippen LogP contribution is 2.21. The summed E-state index contributed by atoms with van der Waals surface area (Å²) in [6.07, 6.45) is 1.15. The van der Waals surface area contributed by atoms with Gasteiger partial charge in [0.25, 0.3) is 5.91 Å². The fourth-order valence-electron chi connectivity index (χ4n) is 1.37. The van der Waals surface area contributed by atoms with Crippen molar-refractivity contribution in [3.8, 4) is 0 Å². The Hall–Kier alpha value is -0.390. The van der Waals surface area contributed by atoms with Crippen LogP contribution in [0.3, 0.4) is 0 Å². The molecule has 0 aliphatic carbocycles. The predicted octanol–water partition coefficient (Wildman–Crippen LogP) is 3.10. The molecule has 1 unspecified atom stereocenters. The highest BCUT2D eigenvalue weighted by molar-refractivity contribution is 9.11. The average Bonchev–Trinajstić information content (AvgIpc) is 2.27. The second kappa shape index (κ2) is 7.13. The lowest BCUT2D eigenvalue weighted by atomic mass is 10.2. The standard InChI is InChI=1S/C12H15Br2NO2/c1-8(16)3-2-6-15-12(17)10-7-9(13)4-5-11(10)14/h4-5,7-8,16H,2-3,6H2,1H3,(H,15,17). The van der Waals surface area contributed by atoms with E-state index in [-0.39, 0.29) is 12.0 Å². The summed E-state index contributed by atoms with van der Waals surface area (Å²) in [5.41, 5.74) is 0.608. The third-order valence-corrected chi connectivity index (χ3v) is 3.44. The maximum Gasteiger partial charge on any atom is 0.252 e. The Kier molecular flexibility index (Phi) is 6.16. The van der Waals surface area contributed by atoms with Crippen LogP contribution in [0.15, 0.2) is 27.1 Å². The molecule has 0 aliphatic rings.